The van der Waals surface area contributed by atoms with Crippen LogP contribution in [0.25, 0.3) is 11.4 Å². The first-order valence-corrected chi connectivity index (χ1v) is 5.04. The molecule has 2 heterocycles. The lowest BCUT2D eigenvalue weighted by atomic mass is 10.3. The van der Waals surface area contributed by atoms with Gasteiger partial charge in [-0.25, -0.2) is 4.98 Å². The number of hydrogen-bond donors (Lipinski definition) is 2. The van der Waals surface area contributed by atoms with Gasteiger partial charge in [-0.15, -0.1) is 0 Å². The van der Waals surface area contributed by atoms with E-state index >= 15 is 0 Å². The molecule has 0 atom stereocenters. The van der Waals surface area contributed by atoms with E-state index in [2.05, 4.69) is 38.0 Å². The summed E-state index contributed by atoms with van der Waals surface area (Å²) >= 11 is 3.37. The number of nitrogens with one attached hydrogen (secondary N) is 1. The predicted molar refractivity (Wildman–Crippen MR) is 57.6 cm³/mol. The maximum atomic E-state index is 5.50. The quantitative estimate of drug-likeness (QED) is 0.857. The van der Waals surface area contributed by atoms with E-state index in [1.807, 2.05) is 10.8 Å². The fourth-order valence-corrected chi connectivity index (χ4v) is 1.76. The van der Waals surface area contributed by atoms with Crippen LogP contribution in [0.2, 0.25) is 0 Å². The summed E-state index contributed by atoms with van der Waals surface area (Å²) in [4.78, 5) is 4.32. The van der Waals surface area contributed by atoms with Gasteiger partial charge in [-0.3, -0.25) is 5.10 Å². The molecule has 0 aromatic carbocycles. The first-order valence-electron chi connectivity index (χ1n) is 4.24. The Hall–Kier alpha value is -1.30. The van der Waals surface area contributed by atoms with E-state index in [0.717, 1.165) is 22.7 Å². The van der Waals surface area contributed by atoms with E-state index in [4.69, 9.17) is 5.73 Å². The van der Waals surface area contributed by atoms with Gasteiger partial charge >= 0.3 is 0 Å². The van der Waals surface area contributed by atoms with Crippen LogP contribution < -0.4 is 5.73 Å². The Balaban J connectivity index is 2.42. The van der Waals surface area contributed by atoms with Gasteiger partial charge in [-0.2, -0.15) is 5.10 Å². The molecule has 6 heteroatoms. The number of rotatable bonds is 2. The monoisotopic (exact) mass is 255 g/mol. The second-order valence-corrected chi connectivity index (χ2v) is 3.60. The molecule has 14 heavy (non-hydrogen) atoms. The van der Waals surface area contributed by atoms with Gasteiger partial charge in [-0.05, 0) is 22.9 Å². The van der Waals surface area contributed by atoms with Crippen molar-refractivity contribution in [2.75, 3.05) is 5.73 Å². The molecule has 0 spiro atoms. The number of aryl methyl sites for hydroxylation is 1. The third kappa shape index (κ3) is 1.52. The van der Waals surface area contributed by atoms with Crippen LogP contribution in [0.1, 0.15) is 6.92 Å². The summed E-state index contributed by atoms with van der Waals surface area (Å²) in [5.74, 6) is 0.474. The number of nitrogen functional groups attached to an aromatic ring is 1. The van der Waals surface area contributed by atoms with Crippen molar-refractivity contribution >= 4 is 21.7 Å². The molecular formula is C8H10BrN5. The normalized spacial score (nSPS) is 10.7. The first-order chi connectivity index (χ1) is 6.70. The zero-order valence-corrected chi connectivity index (χ0v) is 9.24. The maximum absolute atomic E-state index is 5.50. The predicted octanol–water partition coefficient (Wildman–Crippen LogP) is 1.64. The maximum Gasteiger partial charge on any atom is 0.177 e. The molecule has 74 valence electrons. The number of aromatic nitrogens is 4. The van der Waals surface area contributed by atoms with Crippen molar-refractivity contribution in [3.05, 3.63) is 17.0 Å². The van der Waals surface area contributed by atoms with E-state index in [-0.39, 0.29) is 0 Å². The highest BCUT2D eigenvalue weighted by atomic mass is 79.9. The molecule has 0 saturated heterocycles. The highest BCUT2D eigenvalue weighted by Crippen LogP contribution is 2.20. The summed E-state index contributed by atoms with van der Waals surface area (Å²) in [7, 11) is 0. The van der Waals surface area contributed by atoms with Crippen LogP contribution in [0.15, 0.2) is 17.0 Å². The number of anilines is 1. The number of nitrogens with two attached hydrogens (primary N) is 1. The van der Waals surface area contributed by atoms with Crippen molar-refractivity contribution < 1.29 is 0 Å². The number of hydrogen-bond acceptors (Lipinski definition) is 3. The summed E-state index contributed by atoms with van der Waals surface area (Å²) in [5.41, 5.74) is 7.17. The van der Waals surface area contributed by atoms with Crippen molar-refractivity contribution in [3.8, 4) is 11.4 Å². The Bertz CT molecular complexity index is 444. The van der Waals surface area contributed by atoms with Crippen molar-refractivity contribution in [3.63, 3.8) is 0 Å². The van der Waals surface area contributed by atoms with Crippen LogP contribution >= 0.6 is 15.9 Å². The van der Waals surface area contributed by atoms with Gasteiger partial charge in [0.05, 0.1) is 5.69 Å². The SMILES string of the molecule is CCn1cc(-c2cc(N)n[nH]2)nc1Br. The number of aromatic amines is 1. The van der Waals surface area contributed by atoms with Crippen LogP contribution in [0.5, 0.6) is 0 Å². The Morgan fingerprint density at radius 1 is 1.64 bits per heavy atom. The number of halogens is 1. The van der Waals surface area contributed by atoms with Gasteiger partial charge in [0.15, 0.2) is 4.73 Å². The lowest BCUT2D eigenvalue weighted by molar-refractivity contribution is 0.741. The summed E-state index contributed by atoms with van der Waals surface area (Å²) < 4.78 is 2.80. The molecule has 0 amide bonds. The third-order valence-electron chi connectivity index (χ3n) is 1.94. The second-order valence-electron chi connectivity index (χ2n) is 2.89. The molecule has 0 unspecified atom stereocenters. The van der Waals surface area contributed by atoms with Gasteiger partial charge in [0.2, 0.25) is 0 Å². The van der Waals surface area contributed by atoms with E-state index in [9.17, 15) is 0 Å². The van der Waals surface area contributed by atoms with Crippen LogP contribution in [0, 0.1) is 0 Å². The fourth-order valence-electron chi connectivity index (χ4n) is 1.21. The topological polar surface area (TPSA) is 72.5 Å². The first kappa shape index (κ1) is 9.26. The van der Waals surface area contributed by atoms with Crippen molar-refractivity contribution in [1.82, 2.24) is 19.7 Å². The number of imidazole rings is 1. The third-order valence-corrected chi connectivity index (χ3v) is 2.57. The van der Waals surface area contributed by atoms with Gasteiger partial charge in [-0.1, -0.05) is 0 Å². The minimum absolute atomic E-state index is 0.474. The molecule has 2 aromatic rings. The summed E-state index contributed by atoms with van der Waals surface area (Å²) in [6.07, 6.45) is 1.94. The largest absolute Gasteiger partial charge is 0.382 e. The van der Waals surface area contributed by atoms with Crippen molar-refractivity contribution in [1.29, 1.82) is 0 Å². The molecule has 2 aromatic heterocycles. The average molecular weight is 256 g/mol. The number of nitrogens with zero attached hydrogens (tertiary/aromatic N) is 3. The standard InChI is InChI=1S/C8H10BrN5/c1-2-14-4-6(11-8(14)9)5-3-7(10)13-12-5/h3-4H,2H2,1H3,(H3,10,12,13). The van der Waals surface area contributed by atoms with E-state index in [0.29, 0.717) is 5.82 Å². The molecule has 2 rings (SSSR count). The van der Waals surface area contributed by atoms with E-state index < -0.39 is 0 Å². The van der Waals surface area contributed by atoms with Crippen molar-refractivity contribution in [2.45, 2.75) is 13.5 Å². The Morgan fingerprint density at radius 2 is 2.43 bits per heavy atom. The van der Waals surface area contributed by atoms with Crippen LogP contribution in [-0.4, -0.2) is 19.7 Å². The minimum atomic E-state index is 0.474. The molecule has 0 bridgehead atoms. The molecule has 0 fully saturated rings. The lowest BCUT2D eigenvalue weighted by Gasteiger charge is -1.93. The average Bonchev–Trinajstić information content (AvgIpc) is 2.71. The van der Waals surface area contributed by atoms with Gasteiger partial charge < -0.3 is 10.3 Å². The fraction of sp³-hybridized carbons (Fsp3) is 0.250. The van der Waals surface area contributed by atoms with E-state index in [1.54, 1.807) is 6.07 Å². The Labute approximate surface area is 89.5 Å². The van der Waals surface area contributed by atoms with Crippen LogP contribution in [-0.2, 0) is 6.54 Å². The highest BCUT2D eigenvalue weighted by Gasteiger charge is 2.08. The van der Waals surface area contributed by atoms with Gasteiger partial charge in [0, 0.05) is 18.8 Å². The second kappa shape index (κ2) is 3.45. The lowest BCUT2D eigenvalue weighted by Crippen LogP contribution is -1.90. The smallest absolute Gasteiger partial charge is 0.177 e. The van der Waals surface area contributed by atoms with E-state index in [1.165, 1.54) is 0 Å². The molecule has 0 radical (unpaired) electrons. The van der Waals surface area contributed by atoms with Crippen LogP contribution in [0.4, 0.5) is 5.82 Å². The summed E-state index contributed by atoms with van der Waals surface area (Å²) in [5, 5.41) is 6.66. The van der Waals surface area contributed by atoms with Crippen LogP contribution in [0.3, 0.4) is 0 Å². The molecule has 0 aliphatic rings. The zero-order chi connectivity index (χ0) is 10.1. The highest BCUT2D eigenvalue weighted by molar-refractivity contribution is 9.10. The van der Waals surface area contributed by atoms with Gasteiger partial charge in [0.1, 0.15) is 11.5 Å². The zero-order valence-electron chi connectivity index (χ0n) is 7.66. The minimum Gasteiger partial charge on any atom is -0.382 e. The summed E-state index contributed by atoms with van der Waals surface area (Å²) in [6, 6.07) is 1.76. The molecule has 0 aliphatic carbocycles. The Kier molecular flexibility index (Phi) is 2.28. The van der Waals surface area contributed by atoms with Crippen molar-refractivity contribution in [2.24, 2.45) is 0 Å². The Morgan fingerprint density at radius 3 is 2.93 bits per heavy atom. The van der Waals surface area contributed by atoms with Gasteiger partial charge in [0.25, 0.3) is 0 Å². The number of H-pyrrole nitrogens is 1. The molecular weight excluding hydrogens is 246 g/mol. The molecule has 0 saturated carbocycles. The molecule has 3 N–H and O–H groups in total. The molecule has 5 nitrogen and oxygen atoms in total. The summed E-state index contributed by atoms with van der Waals surface area (Å²) in [6.45, 7) is 2.93. The molecule has 0 aliphatic heterocycles.